The van der Waals surface area contributed by atoms with Crippen LogP contribution in [0.3, 0.4) is 0 Å². The average Bonchev–Trinajstić information content (AvgIpc) is 2.46. The third-order valence-corrected chi connectivity index (χ3v) is 4.65. The number of nitrogens with one attached hydrogen (secondary N) is 1. The van der Waals surface area contributed by atoms with Crippen molar-refractivity contribution in [1.29, 1.82) is 0 Å². The van der Waals surface area contributed by atoms with Gasteiger partial charge in [-0.1, -0.05) is 17.7 Å². The molecule has 2 aromatic carbocycles. The van der Waals surface area contributed by atoms with Gasteiger partial charge in [0.25, 0.3) is 0 Å². The highest BCUT2D eigenvalue weighted by Crippen LogP contribution is 2.26. The van der Waals surface area contributed by atoms with Gasteiger partial charge in [-0.2, -0.15) is 0 Å². The number of phenols is 1. The second-order valence-electron chi connectivity index (χ2n) is 4.24. The van der Waals surface area contributed by atoms with Crippen LogP contribution in [0.5, 0.6) is 11.5 Å². The first-order valence-corrected chi connectivity index (χ1v) is 7.90. The Morgan fingerprint density at radius 1 is 1.19 bits per heavy atom. The lowest BCUT2D eigenvalue weighted by Gasteiger charge is -2.12. The smallest absolute Gasteiger partial charge is 0.240 e. The number of hydrogen-bond acceptors (Lipinski definition) is 4. The predicted octanol–water partition coefficient (Wildman–Crippen LogP) is 2.53. The van der Waals surface area contributed by atoms with Gasteiger partial charge >= 0.3 is 0 Å². The molecule has 0 saturated carbocycles. The Hall–Kier alpha value is -1.76. The van der Waals surface area contributed by atoms with Crippen LogP contribution in [0, 0.1) is 0 Å². The van der Waals surface area contributed by atoms with Crippen LogP contribution in [-0.4, -0.2) is 20.6 Å². The maximum Gasteiger partial charge on any atom is 0.240 e. The second kappa shape index (κ2) is 6.34. The molecule has 0 fully saturated rings. The normalized spacial score (nSPS) is 11.3. The molecule has 5 nitrogen and oxygen atoms in total. The topological polar surface area (TPSA) is 75.6 Å². The van der Waals surface area contributed by atoms with E-state index in [1.54, 1.807) is 18.2 Å². The molecule has 0 amide bonds. The summed E-state index contributed by atoms with van der Waals surface area (Å²) in [6.07, 6.45) is 0. The SMILES string of the molecule is COc1cccc(Cl)c1CNS(=O)(=O)c1ccc(O)cc1. The molecule has 21 heavy (non-hydrogen) atoms. The van der Waals surface area contributed by atoms with Gasteiger partial charge in [-0.25, -0.2) is 13.1 Å². The van der Waals surface area contributed by atoms with Crippen molar-refractivity contribution in [3.63, 3.8) is 0 Å². The van der Waals surface area contributed by atoms with Crippen molar-refractivity contribution in [2.24, 2.45) is 0 Å². The Balaban J connectivity index is 2.21. The van der Waals surface area contributed by atoms with Crippen LogP contribution in [0.15, 0.2) is 47.4 Å². The predicted molar refractivity (Wildman–Crippen MR) is 80.1 cm³/mol. The highest BCUT2D eigenvalue weighted by Gasteiger charge is 2.16. The lowest BCUT2D eigenvalue weighted by Crippen LogP contribution is -2.23. The van der Waals surface area contributed by atoms with E-state index in [4.69, 9.17) is 16.3 Å². The van der Waals surface area contributed by atoms with Crippen LogP contribution >= 0.6 is 11.6 Å². The maximum absolute atomic E-state index is 12.2. The van der Waals surface area contributed by atoms with Crippen molar-refractivity contribution < 1.29 is 18.3 Å². The highest BCUT2D eigenvalue weighted by molar-refractivity contribution is 7.89. The molecule has 0 aromatic heterocycles. The van der Waals surface area contributed by atoms with Gasteiger partial charge in [0, 0.05) is 17.1 Å². The van der Waals surface area contributed by atoms with Crippen LogP contribution in [0.2, 0.25) is 5.02 Å². The molecular weight excluding hydrogens is 314 g/mol. The fraction of sp³-hybridized carbons (Fsp3) is 0.143. The van der Waals surface area contributed by atoms with E-state index in [-0.39, 0.29) is 17.2 Å². The summed E-state index contributed by atoms with van der Waals surface area (Å²) < 4.78 is 31.9. The number of aromatic hydroxyl groups is 1. The standard InChI is InChI=1S/C14H14ClNO4S/c1-20-14-4-2-3-13(15)12(14)9-16-21(18,19)11-7-5-10(17)6-8-11/h2-8,16-17H,9H2,1H3. The number of benzene rings is 2. The van der Waals surface area contributed by atoms with Crippen LogP contribution in [0.25, 0.3) is 0 Å². The van der Waals surface area contributed by atoms with Gasteiger partial charge < -0.3 is 9.84 Å². The van der Waals surface area contributed by atoms with Crippen LogP contribution in [-0.2, 0) is 16.6 Å². The molecule has 0 radical (unpaired) electrons. The maximum atomic E-state index is 12.2. The Kier molecular flexibility index (Phi) is 4.72. The van der Waals surface area contributed by atoms with E-state index in [0.717, 1.165) is 0 Å². The van der Waals surface area contributed by atoms with E-state index in [1.807, 2.05) is 0 Å². The number of rotatable bonds is 5. The van der Waals surface area contributed by atoms with Crippen molar-refractivity contribution in [3.8, 4) is 11.5 Å². The molecule has 0 saturated heterocycles. The molecular formula is C14H14ClNO4S. The molecule has 0 aliphatic heterocycles. The van der Waals surface area contributed by atoms with E-state index in [1.165, 1.54) is 31.4 Å². The van der Waals surface area contributed by atoms with Crippen molar-refractivity contribution >= 4 is 21.6 Å². The molecule has 0 aliphatic rings. The first-order chi connectivity index (χ1) is 9.94. The fourth-order valence-corrected chi connectivity index (χ4v) is 3.01. The van der Waals surface area contributed by atoms with E-state index in [0.29, 0.717) is 16.3 Å². The molecule has 2 rings (SSSR count). The van der Waals surface area contributed by atoms with Gasteiger partial charge in [0.15, 0.2) is 0 Å². The summed E-state index contributed by atoms with van der Waals surface area (Å²) in [5.41, 5.74) is 0.559. The van der Waals surface area contributed by atoms with Gasteiger partial charge in [0.05, 0.1) is 12.0 Å². The van der Waals surface area contributed by atoms with Gasteiger partial charge in [0.1, 0.15) is 11.5 Å². The quantitative estimate of drug-likeness (QED) is 0.885. The van der Waals surface area contributed by atoms with E-state index < -0.39 is 10.0 Å². The molecule has 112 valence electrons. The molecule has 2 N–H and O–H groups in total. The van der Waals surface area contributed by atoms with Crippen LogP contribution in [0.4, 0.5) is 0 Å². The number of ether oxygens (including phenoxy) is 1. The summed E-state index contributed by atoms with van der Waals surface area (Å²) in [4.78, 5) is 0.0614. The number of phenolic OH excluding ortho intramolecular Hbond substituents is 1. The minimum atomic E-state index is -3.69. The molecule has 0 bridgehead atoms. The van der Waals surface area contributed by atoms with Crippen molar-refractivity contribution in [2.45, 2.75) is 11.4 Å². The molecule has 0 heterocycles. The molecule has 0 unspecified atom stereocenters. The molecule has 0 atom stereocenters. The summed E-state index contributed by atoms with van der Waals surface area (Å²) in [6.45, 7) is 0.00601. The van der Waals surface area contributed by atoms with E-state index >= 15 is 0 Å². The minimum absolute atomic E-state index is 0.00160. The summed E-state index contributed by atoms with van der Waals surface area (Å²) in [5.74, 6) is 0.512. The van der Waals surface area contributed by atoms with Crippen molar-refractivity contribution in [3.05, 3.63) is 53.1 Å². The summed E-state index contributed by atoms with van der Waals surface area (Å²) in [6, 6.07) is 10.3. The zero-order chi connectivity index (χ0) is 15.5. The fourth-order valence-electron chi connectivity index (χ4n) is 1.78. The largest absolute Gasteiger partial charge is 0.508 e. The Labute approximate surface area is 128 Å². The second-order valence-corrected chi connectivity index (χ2v) is 6.41. The first kappa shape index (κ1) is 15.6. The molecule has 7 heteroatoms. The number of methoxy groups -OCH3 is 1. The third kappa shape index (κ3) is 3.66. The third-order valence-electron chi connectivity index (χ3n) is 2.88. The number of halogens is 1. The Morgan fingerprint density at radius 3 is 2.48 bits per heavy atom. The zero-order valence-corrected chi connectivity index (χ0v) is 12.8. The molecule has 0 spiro atoms. The number of hydrogen-bond donors (Lipinski definition) is 2. The Bertz CT molecular complexity index is 729. The van der Waals surface area contributed by atoms with E-state index in [9.17, 15) is 13.5 Å². The Morgan fingerprint density at radius 2 is 1.86 bits per heavy atom. The van der Waals surface area contributed by atoms with Gasteiger partial charge in [-0.15, -0.1) is 0 Å². The summed E-state index contributed by atoms with van der Waals surface area (Å²) >= 11 is 6.06. The van der Waals surface area contributed by atoms with Crippen LogP contribution < -0.4 is 9.46 Å². The lowest BCUT2D eigenvalue weighted by atomic mass is 10.2. The van der Waals surface area contributed by atoms with Gasteiger partial charge in [-0.3, -0.25) is 0 Å². The van der Waals surface area contributed by atoms with Gasteiger partial charge in [-0.05, 0) is 36.4 Å². The number of sulfonamides is 1. The highest BCUT2D eigenvalue weighted by atomic mass is 35.5. The molecule has 0 aliphatic carbocycles. The summed E-state index contributed by atoms with van der Waals surface area (Å²) in [7, 11) is -2.20. The van der Waals surface area contributed by atoms with Crippen molar-refractivity contribution in [1.82, 2.24) is 4.72 Å². The van der Waals surface area contributed by atoms with Crippen LogP contribution in [0.1, 0.15) is 5.56 Å². The summed E-state index contributed by atoms with van der Waals surface area (Å²) in [5, 5.41) is 9.61. The first-order valence-electron chi connectivity index (χ1n) is 6.04. The average molecular weight is 328 g/mol. The van der Waals surface area contributed by atoms with Crippen molar-refractivity contribution in [2.75, 3.05) is 7.11 Å². The monoisotopic (exact) mass is 327 g/mol. The minimum Gasteiger partial charge on any atom is -0.508 e. The zero-order valence-electron chi connectivity index (χ0n) is 11.2. The molecule has 2 aromatic rings. The van der Waals surface area contributed by atoms with E-state index in [2.05, 4.69) is 4.72 Å². The lowest BCUT2D eigenvalue weighted by molar-refractivity contribution is 0.409. The van der Waals surface area contributed by atoms with Gasteiger partial charge in [0.2, 0.25) is 10.0 Å².